The van der Waals surface area contributed by atoms with E-state index < -0.39 is 0 Å². The van der Waals surface area contributed by atoms with E-state index in [1.54, 1.807) is 23.7 Å². The summed E-state index contributed by atoms with van der Waals surface area (Å²) in [4.78, 5) is 13.6. The smallest absolute Gasteiger partial charge is 0.162 e. The van der Waals surface area contributed by atoms with Crippen molar-refractivity contribution in [2.45, 2.75) is 19.4 Å². The fourth-order valence-electron chi connectivity index (χ4n) is 3.11. The summed E-state index contributed by atoms with van der Waals surface area (Å²) in [6.07, 6.45) is 4.29. The molecule has 0 saturated carbocycles. The SMILES string of the molecule is CC#Cc1csc2c(NCC(N)Cc3ccccc3)nc(-c3ccncc3)nc12. The number of pyridine rings is 1. The van der Waals surface area contributed by atoms with Gasteiger partial charge in [0.1, 0.15) is 11.3 Å². The van der Waals surface area contributed by atoms with E-state index in [2.05, 4.69) is 34.3 Å². The number of benzene rings is 1. The molecule has 6 heteroatoms. The predicted molar refractivity (Wildman–Crippen MR) is 120 cm³/mol. The molecule has 0 radical (unpaired) electrons. The summed E-state index contributed by atoms with van der Waals surface area (Å²) < 4.78 is 0.993. The third-order valence-corrected chi connectivity index (χ3v) is 5.46. The van der Waals surface area contributed by atoms with Crippen molar-refractivity contribution in [2.75, 3.05) is 11.9 Å². The molecule has 4 aromatic rings. The number of aromatic nitrogens is 3. The molecule has 4 rings (SSSR count). The highest BCUT2D eigenvalue weighted by atomic mass is 32.1. The lowest BCUT2D eigenvalue weighted by molar-refractivity contribution is 0.698. The molecule has 0 amide bonds. The fourth-order valence-corrected chi connectivity index (χ4v) is 4.01. The molecule has 3 heterocycles. The molecule has 0 aliphatic heterocycles. The van der Waals surface area contributed by atoms with Crippen LogP contribution in [-0.2, 0) is 6.42 Å². The van der Waals surface area contributed by atoms with Crippen LogP contribution in [0.4, 0.5) is 5.82 Å². The number of hydrogen-bond donors (Lipinski definition) is 2. The lowest BCUT2D eigenvalue weighted by Crippen LogP contribution is -2.31. The zero-order chi connectivity index (χ0) is 20.1. The van der Waals surface area contributed by atoms with Crippen LogP contribution in [0.2, 0.25) is 0 Å². The van der Waals surface area contributed by atoms with Gasteiger partial charge in [0, 0.05) is 35.9 Å². The van der Waals surface area contributed by atoms with Crippen LogP contribution in [0.15, 0.2) is 60.2 Å². The molecule has 0 aliphatic rings. The maximum atomic E-state index is 6.37. The summed E-state index contributed by atoms with van der Waals surface area (Å²) >= 11 is 1.60. The van der Waals surface area contributed by atoms with Gasteiger partial charge in [0.25, 0.3) is 0 Å². The molecule has 5 nitrogen and oxygen atoms in total. The van der Waals surface area contributed by atoms with Crippen molar-refractivity contribution in [3.05, 3.63) is 71.4 Å². The average molecular weight is 400 g/mol. The maximum absolute atomic E-state index is 6.37. The Labute approximate surface area is 174 Å². The summed E-state index contributed by atoms with van der Waals surface area (Å²) in [5.74, 6) is 7.54. The Hall–Kier alpha value is -3.27. The van der Waals surface area contributed by atoms with Crippen LogP contribution in [0.25, 0.3) is 21.6 Å². The summed E-state index contributed by atoms with van der Waals surface area (Å²) in [5.41, 5.74) is 10.3. The first-order valence-corrected chi connectivity index (χ1v) is 10.3. The number of hydrogen-bond acceptors (Lipinski definition) is 6. The molecule has 0 fully saturated rings. The van der Waals surface area contributed by atoms with Crippen LogP contribution in [0.1, 0.15) is 18.1 Å². The molecule has 3 aromatic heterocycles. The monoisotopic (exact) mass is 399 g/mol. The highest BCUT2D eigenvalue weighted by molar-refractivity contribution is 7.18. The zero-order valence-corrected chi connectivity index (χ0v) is 16.9. The molecule has 144 valence electrons. The molecule has 1 aromatic carbocycles. The van der Waals surface area contributed by atoms with Gasteiger partial charge in [-0.15, -0.1) is 17.3 Å². The normalized spacial score (nSPS) is 11.7. The second kappa shape index (κ2) is 8.82. The van der Waals surface area contributed by atoms with Crippen molar-refractivity contribution >= 4 is 27.4 Å². The molecule has 0 bridgehead atoms. The highest BCUT2D eigenvalue weighted by Gasteiger charge is 2.15. The summed E-state index contributed by atoms with van der Waals surface area (Å²) in [5, 5.41) is 5.47. The molecular formula is C23H21N5S. The number of rotatable bonds is 6. The topological polar surface area (TPSA) is 76.7 Å². The van der Waals surface area contributed by atoms with Gasteiger partial charge < -0.3 is 11.1 Å². The number of anilines is 1. The van der Waals surface area contributed by atoms with Gasteiger partial charge in [0.05, 0.1) is 10.3 Å². The van der Waals surface area contributed by atoms with Crippen LogP contribution in [-0.4, -0.2) is 27.5 Å². The first-order valence-electron chi connectivity index (χ1n) is 9.40. The standard InChI is InChI=1S/C23H21N5S/c1-2-6-18-15-29-21-20(18)27-22(17-9-11-25-12-10-17)28-23(21)26-14-19(24)13-16-7-4-3-5-8-16/h3-5,7-12,15,19H,13-14,24H2,1H3,(H,26,27,28). The maximum Gasteiger partial charge on any atom is 0.162 e. The van der Waals surface area contributed by atoms with Crippen molar-refractivity contribution in [2.24, 2.45) is 5.73 Å². The number of fused-ring (bicyclic) bond motifs is 1. The second-order valence-corrected chi connectivity index (χ2v) is 7.54. The Morgan fingerprint density at radius 1 is 1.10 bits per heavy atom. The molecular weight excluding hydrogens is 378 g/mol. The second-order valence-electron chi connectivity index (χ2n) is 6.66. The molecule has 0 aliphatic carbocycles. The number of thiophene rings is 1. The van der Waals surface area contributed by atoms with Gasteiger partial charge in [-0.05, 0) is 31.0 Å². The first-order chi connectivity index (χ1) is 14.2. The minimum absolute atomic E-state index is 0.0262. The number of nitrogens with two attached hydrogens (primary N) is 1. The van der Waals surface area contributed by atoms with Gasteiger partial charge in [-0.25, -0.2) is 9.97 Å². The van der Waals surface area contributed by atoms with Crippen LogP contribution < -0.4 is 11.1 Å². The van der Waals surface area contributed by atoms with E-state index in [0.29, 0.717) is 12.4 Å². The lowest BCUT2D eigenvalue weighted by atomic mass is 10.1. The van der Waals surface area contributed by atoms with Crippen molar-refractivity contribution in [1.82, 2.24) is 15.0 Å². The Bertz CT molecular complexity index is 1160. The van der Waals surface area contributed by atoms with E-state index >= 15 is 0 Å². The fraction of sp³-hybridized carbons (Fsp3) is 0.174. The van der Waals surface area contributed by atoms with Crippen molar-refractivity contribution in [3.8, 4) is 23.2 Å². The predicted octanol–water partition coefficient (Wildman–Crippen LogP) is 4.11. The summed E-state index contributed by atoms with van der Waals surface area (Å²) in [6, 6.07) is 14.1. The third kappa shape index (κ3) is 4.43. The molecule has 3 N–H and O–H groups in total. The van der Waals surface area contributed by atoms with Crippen LogP contribution >= 0.6 is 11.3 Å². The van der Waals surface area contributed by atoms with Gasteiger partial charge in [0.15, 0.2) is 5.82 Å². The largest absolute Gasteiger partial charge is 0.367 e. The van der Waals surface area contributed by atoms with Gasteiger partial charge in [-0.1, -0.05) is 36.3 Å². The van der Waals surface area contributed by atoms with Gasteiger partial charge in [0.2, 0.25) is 0 Å². The first kappa shape index (κ1) is 19.1. The van der Waals surface area contributed by atoms with E-state index in [9.17, 15) is 0 Å². The number of nitrogens with one attached hydrogen (secondary N) is 1. The minimum atomic E-state index is -0.0262. The Kier molecular flexibility index (Phi) is 5.80. The van der Waals surface area contributed by atoms with E-state index in [1.807, 2.05) is 42.6 Å². The van der Waals surface area contributed by atoms with E-state index in [1.165, 1.54) is 5.56 Å². The van der Waals surface area contributed by atoms with Crippen molar-refractivity contribution in [3.63, 3.8) is 0 Å². The quantitative estimate of drug-likeness (QED) is 0.477. The average Bonchev–Trinajstić information content (AvgIpc) is 3.16. The molecule has 29 heavy (non-hydrogen) atoms. The van der Waals surface area contributed by atoms with Crippen molar-refractivity contribution in [1.29, 1.82) is 0 Å². The Morgan fingerprint density at radius 2 is 1.90 bits per heavy atom. The number of nitrogens with zero attached hydrogens (tertiary/aromatic N) is 3. The summed E-state index contributed by atoms with van der Waals surface area (Å²) in [7, 11) is 0. The highest BCUT2D eigenvalue weighted by Crippen LogP contribution is 2.31. The Balaban J connectivity index is 1.64. The van der Waals surface area contributed by atoms with Gasteiger partial charge in [-0.2, -0.15) is 0 Å². The Morgan fingerprint density at radius 3 is 2.66 bits per heavy atom. The minimum Gasteiger partial charge on any atom is -0.367 e. The third-order valence-electron chi connectivity index (χ3n) is 4.49. The lowest BCUT2D eigenvalue weighted by Gasteiger charge is -2.14. The molecule has 1 unspecified atom stereocenters. The molecule has 0 saturated heterocycles. The van der Waals surface area contributed by atoms with E-state index in [4.69, 9.17) is 15.7 Å². The van der Waals surface area contributed by atoms with Crippen LogP contribution in [0, 0.1) is 11.8 Å². The van der Waals surface area contributed by atoms with Crippen molar-refractivity contribution < 1.29 is 0 Å². The molecule has 1 atom stereocenters. The van der Waals surface area contributed by atoms with E-state index in [0.717, 1.165) is 33.6 Å². The zero-order valence-electron chi connectivity index (χ0n) is 16.1. The molecule has 0 spiro atoms. The van der Waals surface area contributed by atoms with Gasteiger partial charge in [-0.3, -0.25) is 4.98 Å². The van der Waals surface area contributed by atoms with Crippen LogP contribution in [0.3, 0.4) is 0 Å². The summed E-state index contributed by atoms with van der Waals surface area (Å²) in [6.45, 7) is 2.44. The van der Waals surface area contributed by atoms with Crippen LogP contribution in [0.5, 0.6) is 0 Å². The van der Waals surface area contributed by atoms with Gasteiger partial charge >= 0.3 is 0 Å². The van der Waals surface area contributed by atoms with E-state index in [-0.39, 0.29) is 6.04 Å².